The van der Waals surface area contributed by atoms with E-state index in [1.165, 1.54) is 4.68 Å². The first-order chi connectivity index (χ1) is 12.8. The summed E-state index contributed by atoms with van der Waals surface area (Å²) in [6.07, 6.45) is 4.39. The molecule has 27 heavy (non-hydrogen) atoms. The fraction of sp³-hybridized carbons (Fsp3) is 0.579. The summed E-state index contributed by atoms with van der Waals surface area (Å²) in [5, 5.41) is 3.98. The number of sulfonamides is 1. The van der Waals surface area contributed by atoms with Gasteiger partial charge in [-0.2, -0.15) is 0 Å². The third kappa shape index (κ3) is 4.39. The van der Waals surface area contributed by atoms with Gasteiger partial charge in [0.2, 0.25) is 10.0 Å². The third-order valence-electron chi connectivity index (χ3n) is 5.44. The number of benzene rings is 1. The molecule has 148 valence electrons. The summed E-state index contributed by atoms with van der Waals surface area (Å²) in [5.74, 6) is -0.00598. The minimum absolute atomic E-state index is 0.00598. The van der Waals surface area contributed by atoms with Crippen molar-refractivity contribution >= 4 is 20.9 Å². The van der Waals surface area contributed by atoms with Gasteiger partial charge in [0.1, 0.15) is 0 Å². The standard InChI is InChI=1S/C19H28N4O3S/c1-15(2)21(3)11-8-17-13-23(20-24)19-7-6-16(12-18(17)19)14-27(25,26)22-9-4-5-10-22/h6-7,12-13,15H,4-5,8-11,14H2,1-3H3. The molecule has 0 bridgehead atoms. The van der Waals surface area contributed by atoms with Crippen LogP contribution < -0.4 is 0 Å². The number of fused-ring (bicyclic) bond motifs is 1. The van der Waals surface area contributed by atoms with E-state index in [0.29, 0.717) is 19.1 Å². The number of likely N-dealkylation sites (N-methyl/N-ethyl adjacent to an activating group) is 1. The Hall–Kier alpha value is -1.77. The summed E-state index contributed by atoms with van der Waals surface area (Å²) in [4.78, 5) is 13.4. The molecule has 1 aromatic carbocycles. The molecule has 8 heteroatoms. The summed E-state index contributed by atoms with van der Waals surface area (Å²) in [5.41, 5.74) is 2.48. The minimum atomic E-state index is -3.30. The largest absolute Gasteiger partial charge is 0.304 e. The molecule has 0 aliphatic carbocycles. The highest BCUT2D eigenvalue weighted by molar-refractivity contribution is 7.88. The highest BCUT2D eigenvalue weighted by atomic mass is 32.2. The number of aromatic nitrogens is 1. The first kappa shape index (κ1) is 20.0. The highest BCUT2D eigenvalue weighted by Crippen LogP contribution is 2.26. The summed E-state index contributed by atoms with van der Waals surface area (Å²) in [6, 6.07) is 5.90. The monoisotopic (exact) mass is 392 g/mol. The Balaban J connectivity index is 1.88. The fourth-order valence-electron chi connectivity index (χ4n) is 3.51. The van der Waals surface area contributed by atoms with Crippen LogP contribution in [0.2, 0.25) is 0 Å². The Kier molecular flexibility index (Phi) is 5.98. The van der Waals surface area contributed by atoms with Crippen LogP contribution >= 0.6 is 0 Å². The van der Waals surface area contributed by atoms with Gasteiger partial charge in [0.25, 0.3) is 0 Å². The van der Waals surface area contributed by atoms with Gasteiger partial charge in [-0.1, -0.05) is 6.07 Å². The third-order valence-corrected chi connectivity index (χ3v) is 7.29. The van der Waals surface area contributed by atoms with Crippen molar-refractivity contribution in [3.8, 4) is 0 Å². The van der Waals surface area contributed by atoms with Crippen LogP contribution in [0.15, 0.2) is 29.7 Å². The molecule has 7 nitrogen and oxygen atoms in total. The molecular formula is C19H28N4O3S. The number of hydrogen-bond acceptors (Lipinski definition) is 5. The fourth-order valence-corrected chi connectivity index (χ4v) is 5.10. The summed E-state index contributed by atoms with van der Waals surface area (Å²) < 4.78 is 28.1. The number of rotatable bonds is 8. The molecule has 0 radical (unpaired) electrons. The number of nitroso groups, excluding NO2 is 1. The van der Waals surface area contributed by atoms with Gasteiger partial charge in [0, 0.05) is 37.3 Å². The zero-order chi connectivity index (χ0) is 19.6. The van der Waals surface area contributed by atoms with E-state index >= 15 is 0 Å². The maximum atomic E-state index is 12.6. The summed E-state index contributed by atoms with van der Waals surface area (Å²) in [6.45, 7) is 6.35. The molecule has 1 aliphatic heterocycles. The minimum Gasteiger partial charge on any atom is -0.304 e. The quantitative estimate of drug-likeness (QED) is 0.647. The smallest absolute Gasteiger partial charge is 0.218 e. The molecule has 2 aromatic rings. The van der Waals surface area contributed by atoms with E-state index in [0.717, 1.165) is 47.8 Å². The normalized spacial score (nSPS) is 16.0. The molecule has 0 saturated carbocycles. The van der Waals surface area contributed by atoms with Crippen LogP contribution in [-0.2, 0) is 22.2 Å². The number of hydrogen-bond donors (Lipinski definition) is 0. The second kappa shape index (κ2) is 8.08. The molecule has 1 aliphatic rings. The Bertz CT molecular complexity index is 914. The SMILES string of the molecule is CC(C)N(C)CCc1cn(N=O)c2ccc(CS(=O)(=O)N3CCCC3)cc12. The van der Waals surface area contributed by atoms with E-state index < -0.39 is 10.0 Å². The molecule has 1 saturated heterocycles. The average molecular weight is 393 g/mol. The van der Waals surface area contributed by atoms with Gasteiger partial charge in [0.05, 0.1) is 16.6 Å². The van der Waals surface area contributed by atoms with Gasteiger partial charge < -0.3 is 4.90 Å². The lowest BCUT2D eigenvalue weighted by molar-refractivity contribution is 0.278. The topological polar surface area (TPSA) is 75.0 Å². The van der Waals surface area contributed by atoms with Crippen LogP contribution in [0.4, 0.5) is 0 Å². The second-order valence-electron chi connectivity index (χ2n) is 7.62. The molecule has 1 fully saturated rings. The molecule has 0 unspecified atom stereocenters. The summed E-state index contributed by atoms with van der Waals surface area (Å²) >= 11 is 0. The molecule has 0 N–H and O–H groups in total. The van der Waals surface area contributed by atoms with Crippen molar-refractivity contribution in [2.24, 2.45) is 5.29 Å². The van der Waals surface area contributed by atoms with Gasteiger partial charge in [-0.25, -0.2) is 17.4 Å². The van der Waals surface area contributed by atoms with Gasteiger partial charge in [0.15, 0.2) is 0 Å². The van der Waals surface area contributed by atoms with Gasteiger partial charge in [-0.3, -0.25) is 0 Å². The molecular weight excluding hydrogens is 364 g/mol. The lowest BCUT2D eigenvalue weighted by Gasteiger charge is -2.20. The Morgan fingerprint density at radius 2 is 1.93 bits per heavy atom. The predicted molar refractivity (Wildman–Crippen MR) is 108 cm³/mol. The zero-order valence-electron chi connectivity index (χ0n) is 16.3. The van der Waals surface area contributed by atoms with Crippen molar-refractivity contribution in [3.63, 3.8) is 0 Å². The van der Waals surface area contributed by atoms with E-state index in [9.17, 15) is 13.3 Å². The van der Waals surface area contributed by atoms with E-state index in [2.05, 4.69) is 31.1 Å². The van der Waals surface area contributed by atoms with E-state index in [1.807, 2.05) is 6.07 Å². The summed E-state index contributed by atoms with van der Waals surface area (Å²) in [7, 11) is -1.23. The van der Waals surface area contributed by atoms with Crippen LogP contribution in [0.5, 0.6) is 0 Å². The lowest BCUT2D eigenvalue weighted by Crippen LogP contribution is -2.29. The molecule has 0 atom stereocenters. The van der Waals surface area contributed by atoms with E-state index in [4.69, 9.17) is 0 Å². The van der Waals surface area contributed by atoms with Crippen molar-refractivity contribution < 1.29 is 8.42 Å². The van der Waals surface area contributed by atoms with Crippen LogP contribution in [0.25, 0.3) is 10.9 Å². The van der Waals surface area contributed by atoms with Gasteiger partial charge in [-0.05, 0) is 63.4 Å². The van der Waals surface area contributed by atoms with Crippen LogP contribution in [-0.4, -0.2) is 55.0 Å². The van der Waals surface area contributed by atoms with Crippen molar-refractivity contribution in [2.75, 3.05) is 26.7 Å². The predicted octanol–water partition coefficient (Wildman–Crippen LogP) is 2.98. The van der Waals surface area contributed by atoms with Crippen LogP contribution in [0, 0.1) is 4.91 Å². The highest BCUT2D eigenvalue weighted by Gasteiger charge is 2.25. The molecule has 2 heterocycles. The van der Waals surface area contributed by atoms with Crippen molar-refractivity contribution in [1.29, 1.82) is 0 Å². The Morgan fingerprint density at radius 3 is 2.56 bits per heavy atom. The first-order valence-electron chi connectivity index (χ1n) is 9.46. The maximum absolute atomic E-state index is 12.6. The molecule has 0 amide bonds. The molecule has 1 aromatic heterocycles. The van der Waals surface area contributed by atoms with Crippen molar-refractivity contribution in [1.82, 2.24) is 13.9 Å². The second-order valence-corrected chi connectivity index (χ2v) is 9.59. The zero-order valence-corrected chi connectivity index (χ0v) is 17.1. The maximum Gasteiger partial charge on any atom is 0.218 e. The van der Waals surface area contributed by atoms with Crippen molar-refractivity contribution in [2.45, 2.75) is 44.9 Å². The van der Waals surface area contributed by atoms with Gasteiger partial charge >= 0.3 is 0 Å². The molecule has 0 spiro atoms. The van der Waals surface area contributed by atoms with Crippen LogP contribution in [0.1, 0.15) is 37.8 Å². The number of nitrogens with zero attached hydrogens (tertiary/aromatic N) is 4. The van der Waals surface area contributed by atoms with Gasteiger partial charge in [-0.15, -0.1) is 4.91 Å². The average Bonchev–Trinajstić information content (AvgIpc) is 3.27. The van der Waals surface area contributed by atoms with Crippen molar-refractivity contribution in [3.05, 3.63) is 40.4 Å². The Morgan fingerprint density at radius 1 is 1.22 bits per heavy atom. The first-order valence-corrected chi connectivity index (χ1v) is 11.1. The Labute approximate surface area is 160 Å². The molecule has 3 rings (SSSR count). The van der Waals surface area contributed by atoms with E-state index in [-0.39, 0.29) is 5.75 Å². The van der Waals surface area contributed by atoms with Crippen LogP contribution in [0.3, 0.4) is 0 Å². The van der Waals surface area contributed by atoms with E-state index in [1.54, 1.807) is 22.6 Å². The lowest BCUT2D eigenvalue weighted by atomic mass is 10.1.